The Bertz CT molecular complexity index is 1100. The zero-order valence-electron chi connectivity index (χ0n) is 17.8. The topological polar surface area (TPSA) is 72.5 Å². The molecule has 7 nitrogen and oxygen atoms in total. The molecule has 3 aromatic rings. The lowest BCUT2D eigenvalue weighted by molar-refractivity contribution is 0.262. The van der Waals surface area contributed by atoms with E-state index in [1.54, 1.807) is 24.0 Å². The number of furan rings is 1. The highest BCUT2D eigenvalue weighted by molar-refractivity contribution is 5.93. The van der Waals surface area contributed by atoms with Crippen LogP contribution in [0.1, 0.15) is 25.0 Å². The molecule has 0 amide bonds. The Kier molecular flexibility index (Phi) is 6.65. The third-order valence-electron chi connectivity index (χ3n) is 5.96. The van der Waals surface area contributed by atoms with E-state index in [1.165, 1.54) is 12.8 Å². The Morgan fingerprint density at radius 3 is 2.97 bits per heavy atom. The standard InChI is InChI=1S/C23H28N4O3.ClH/c1-26-14-20(18-5-7-25-12-21(18)29-15-16-3-4-16)22-19(23(26)28)11-17(30-22)13-27-9-2-6-24-8-10-27;/h5,7,11-12,14,16,24H,2-4,6,8-10,13,15H2,1H3;1H. The third kappa shape index (κ3) is 4.79. The van der Waals surface area contributed by atoms with Gasteiger partial charge in [0.05, 0.1) is 24.7 Å². The number of hydrogen-bond donors (Lipinski definition) is 1. The first-order chi connectivity index (χ1) is 14.7. The van der Waals surface area contributed by atoms with Gasteiger partial charge in [-0.3, -0.25) is 14.7 Å². The van der Waals surface area contributed by atoms with Gasteiger partial charge in [-0.1, -0.05) is 0 Å². The van der Waals surface area contributed by atoms with Crippen molar-refractivity contribution in [3.63, 3.8) is 0 Å². The van der Waals surface area contributed by atoms with Crippen molar-refractivity contribution in [2.75, 3.05) is 32.8 Å². The average Bonchev–Trinajstić information content (AvgIpc) is 3.53. The summed E-state index contributed by atoms with van der Waals surface area (Å²) >= 11 is 0. The quantitative estimate of drug-likeness (QED) is 0.629. The number of fused-ring (bicyclic) bond motifs is 1. The molecule has 2 aliphatic rings. The van der Waals surface area contributed by atoms with Crippen LogP contribution >= 0.6 is 12.4 Å². The molecule has 1 saturated carbocycles. The molecule has 1 N–H and O–H groups in total. The lowest BCUT2D eigenvalue weighted by Crippen LogP contribution is -2.27. The van der Waals surface area contributed by atoms with Crippen molar-refractivity contribution < 1.29 is 9.15 Å². The van der Waals surface area contributed by atoms with E-state index in [-0.39, 0.29) is 18.0 Å². The minimum atomic E-state index is -0.0456. The fraction of sp³-hybridized carbons (Fsp3) is 0.478. The minimum Gasteiger partial charge on any atom is -0.491 e. The fourth-order valence-electron chi connectivity index (χ4n) is 4.06. The van der Waals surface area contributed by atoms with E-state index in [0.29, 0.717) is 30.0 Å². The Balaban J connectivity index is 0.00000231. The van der Waals surface area contributed by atoms with Gasteiger partial charge in [0.1, 0.15) is 17.1 Å². The summed E-state index contributed by atoms with van der Waals surface area (Å²) in [6, 6.07) is 3.84. The zero-order valence-corrected chi connectivity index (χ0v) is 18.6. The second-order valence-corrected chi connectivity index (χ2v) is 8.42. The number of aryl methyl sites for hydroxylation is 1. The molecule has 0 bridgehead atoms. The van der Waals surface area contributed by atoms with Gasteiger partial charge in [-0.25, -0.2) is 0 Å². The van der Waals surface area contributed by atoms with Gasteiger partial charge in [0, 0.05) is 43.7 Å². The lowest BCUT2D eigenvalue weighted by atomic mass is 10.1. The molecule has 0 atom stereocenters. The van der Waals surface area contributed by atoms with Gasteiger partial charge in [-0.15, -0.1) is 12.4 Å². The Hall–Kier alpha value is -2.35. The number of ether oxygens (including phenoxy) is 1. The van der Waals surface area contributed by atoms with Crippen LogP contribution in [-0.2, 0) is 13.6 Å². The van der Waals surface area contributed by atoms with Gasteiger partial charge in [0.2, 0.25) is 0 Å². The maximum Gasteiger partial charge on any atom is 0.261 e. The molecular weight excluding hydrogens is 416 g/mol. The van der Waals surface area contributed by atoms with E-state index in [1.807, 2.05) is 18.3 Å². The van der Waals surface area contributed by atoms with E-state index < -0.39 is 0 Å². The molecule has 2 fully saturated rings. The van der Waals surface area contributed by atoms with Gasteiger partial charge in [-0.05, 0) is 50.4 Å². The highest BCUT2D eigenvalue weighted by atomic mass is 35.5. The van der Waals surface area contributed by atoms with Crippen LogP contribution in [0, 0.1) is 5.92 Å². The van der Waals surface area contributed by atoms with Crippen LogP contribution in [0.5, 0.6) is 5.75 Å². The summed E-state index contributed by atoms with van der Waals surface area (Å²) in [5, 5.41) is 4.04. The largest absolute Gasteiger partial charge is 0.491 e. The number of hydrogen-bond acceptors (Lipinski definition) is 6. The molecule has 3 aromatic heterocycles. The van der Waals surface area contributed by atoms with Crippen molar-refractivity contribution in [1.82, 2.24) is 19.8 Å². The lowest BCUT2D eigenvalue weighted by Gasteiger charge is -2.17. The predicted molar refractivity (Wildman–Crippen MR) is 123 cm³/mol. The van der Waals surface area contributed by atoms with Crippen LogP contribution in [0.2, 0.25) is 0 Å². The molecule has 5 rings (SSSR count). The van der Waals surface area contributed by atoms with E-state index in [0.717, 1.165) is 55.2 Å². The number of nitrogens with zero attached hydrogens (tertiary/aromatic N) is 3. The summed E-state index contributed by atoms with van der Waals surface area (Å²) in [6.07, 6.45) is 8.92. The molecular formula is C23H29ClN4O3. The molecule has 8 heteroatoms. The van der Waals surface area contributed by atoms with Crippen molar-refractivity contribution in [3.05, 3.63) is 46.8 Å². The van der Waals surface area contributed by atoms with Crippen LogP contribution in [0.3, 0.4) is 0 Å². The smallest absolute Gasteiger partial charge is 0.261 e. The number of aromatic nitrogens is 2. The monoisotopic (exact) mass is 444 g/mol. The number of nitrogens with one attached hydrogen (secondary N) is 1. The van der Waals surface area contributed by atoms with E-state index in [9.17, 15) is 4.79 Å². The minimum absolute atomic E-state index is 0. The van der Waals surface area contributed by atoms with E-state index >= 15 is 0 Å². The molecule has 1 aliphatic heterocycles. The highest BCUT2D eigenvalue weighted by Crippen LogP contribution is 2.36. The van der Waals surface area contributed by atoms with E-state index in [4.69, 9.17) is 9.15 Å². The normalized spacial score (nSPS) is 17.3. The van der Waals surface area contributed by atoms with Gasteiger partial charge in [-0.2, -0.15) is 0 Å². The summed E-state index contributed by atoms with van der Waals surface area (Å²) in [5.74, 6) is 2.21. The van der Waals surface area contributed by atoms with Crippen LogP contribution in [0.15, 0.2) is 39.9 Å². The maximum absolute atomic E-state index is 12.8. The number of halogens is 1. The Morgan fingerprint density at radius 2 is 2.13 bits per heavy atom. The third-order valence-corrected chi connectivity index (χ3v) is 5.96. The summed E-state index contributed by atoms with van der Waals surface area (Å²) in [4.78, 5) is 19.4. The van der Waals surface area contributed by atoms with Crippen molar-refractivity contribution in [2.45, 2.75) is 25.8 Å². The molecule has 31 heavy (non-hydrogen) atoms. The summed E-state index contributed by atoms with van der Waals surface area (Å²) in [6.45, 7) is 5.45. The molecule has 0 radical (unpaired) electrons. The zero-order chi connectivity index (χ0) is 20.5. The predicted octanol–water partition coefficient (Wildman–Crippen LogP) is 3.20. The van der Waals surface area contributed by atoms with Gasteiger partial charge in [0.15, 0.2) is 0 Å². The van der Waals surface area contributed by atoms with Crippen LogP contribution in [-0.4, -0.2) is 47.2 Å². The van der Waals surface area contributed by atoms with Crippen LogP contribution in [0.4, 0.5) is 0 Å². The van der Waals surface area contributed by atoms with Crippen molar-refractivity contribution in [2.24, 2.45) is 13.0 Å². The van der Waals surface area contributed by atoms with Crippen molar-refractivity contribution in [3.8, 4) is 16.9 Å². The van der Waals surface area contributed by atoms with Crippen molar-refractivity contribution >= 4 is 23.4 Å². The first kappa shape index (κ1) is 21.9. The first-order valence-electron chi connectivity index (χ1n) is 10.8. The molecule has 1 aliphatic carbocycles. The molecule has 0 spiro atoms. The van der Waals surface area contributed by atoms with Crippen LogP contribution in [0.25, 0.3) is 22.1 Å². The SMILES string of the molecule is Cl.Cn1cc(-c2ccncc2OCC2CC2)c2oc(CN3CCCNCC3)cc2c1=O. The molecule has 4 heterocycles. The average molecular weight is 445 g/mol. The first-order valence-corrected chi connectivity index (χ1v) is 10.8. The number of rotatable bonds is 6. The van der Waals surface area contributed by atoms with E-state index in [2.05, 4.69) is 15.2 Å². The Labute approximate surface area is 187 Å². The second-order valence-electron chi connectivity index (χ2n) is 8.42. The Morgan fingerprint density at radius 1 is 1.26 bits per heavy atom. The van der Waals surface area contributed by atoms with Gasteiger partial charge < -0.3 is 19.0 Å². The summed E-state index contributed by atoms with van der Waals surface area (Å²) < 4.78 is 14.0. The fourth-order valence-corrected chi connectivity index (χ4v) is 4.06. The maximum atomic E-state index is 12.8. The van der Waals surface area contributed by atoms with Crippen molar-refractivity contribution in [1.29, 1.82) is 0 Å². The molecule has 1 saturated heterocycles. The summed E-state index contributed by atoms with van der Waals surface area (Å²) in [7, 11) is 1.78. The summed E-state index contributed by atoms with van der Waals surface area (Å²) in [5.41, 5.74) is 2.36. The molecule has 166 valence electrons. The molecule has 0 unspecified atom stereocenters. The van der Waals surface area contributed by atoms with Gasteiger partial charge in [0.25, 0.3) is 5.56 Å². The van der Waals surface area contributed by atoms with Crippen LogP contribution < -0.4 is 15.6 Å². The number of pyridine rings is 2. The molecule has 0 aromatic carbocycles. The second kappa shape index (κ2) is 9.42. The van der Waals surface area contributed by atoms with Gasteiger partial charge >= 0.3 is 0 Å². The highest BCUT2D eigenvalue weighted by Gasteiger charge is 2.24.